The zero-order valence-electron chi connectivity index (χ0n) is 15.5. The molecule has 0 radical (unpaired) electrons. The number of rotatable bonds is 5. The average Bonchev–Trinajstić information content (AvgIpc) is 2.68. The fraction of sp³-hybridized carbons (Fsp3) is 0.409. The Bertz CT molecular complexity index is 842. The molecule has 0 aromatic heterocycles. The lowest BCUT2D eigenvalue weighted by molar-refractivity contribution is -0.185. The lowest BCUT2D eigenvalue weighted by Gasteiger charge is -2.28. The van der Waals surface area contributed by atoms with E-state index in [1.165, 1.54) is 37.5 Å². The van der Waals surface area contributed by atoms with Crippen LogP contribution >= 0.6 is 0 Å². The minimum absolute atomic E-state index is 0.0961. The van der Waals surface area contributed by atoms with Crippen molar-refractivity contribution in [1.29, 1.82) is 5.26 Å². The van der Waals surface area contributed by atoms with Crippen molar-refractivity contribution in [2.75, 3.05) is 0 Å². The zero-order valence-corrected chi connectivity index (χ0v) is 15.5. The number of benzene rings is 2. The van der Waals surface area contributed by atoms with Crippen LogP contribution in [0, 0.1) is 28.9 Å². The first-order valence-corrected chi connectivity index (χ1v) is 9.40. The van der Waals surface area contributed by atoms with E-state index in [0.717, 1.165) is 24.3 Å². The van der Waals surface area contributed by atoms with Crippen LogP contribution in [0.25, 0.3) is 0 Å². The molecule has 148 valence electrons. The first kappa shape index (κ1) is 20.2. The number of alkyl halides is 2. The van der Waals surface area contributed by atoms with Gasteiger partial charge in [0.25, 0.3) is 0 Å². The number of nitriles is 1. The number of hydrogen-bond acceptors (Lipinski definition) is 2. The van der Waals surface area contributed by atoms with E-state index >= 15 is 0 Å². The summed E-state index contributed by atoms with van der Waals surface area (Å²) in [6.45, 7) is 2.20. The third kappa shape index (κ3) is 4.30. The van der Waals surface area contributed by atoms with Crippen LogP contribution in [-0.4, -0.2) is 0 Å². The van der Waals surface area contributed by atoms with Crippen LogP contribution in [0.5, 0.6) is 5.75 Å². The highest BCUT2D eigenvalue weighted by atomic mass is 19.3. The summed E-state index contributed by atoms with van der Waals surface area (Å²) in [7, 11) is 0. The Morgan fingerprint density at radius 1 is 1.04 bits per heavy atom. The van der Waals surface area contributed by atoms with Crippen LogP contribution in [0.1, 0.15) is 61.6 Å². The van der Waals surface area contributed by atoms with Crippen molar-refractivity contribution in [3.05, 3.63) is 64.7 Å². The zero-order chi connectivity index (χ0) is 20.3. The smallest absolute Gasteiger partial charge is 0.426 e. The first-order chi connectivity index (χ1) is 13.3. The second kappa shape index (κ2) is 8.22. The van der Waals surface area contributed by atoms with E-state index in [0.29, 0.717) is 18.1 Å². The second-order valence-corrected chi connectivity index (χ2v) is 7.24. The van der Waals surface area contributed by atoms with Gasteiger partial charge in [0.05, 0.1) is 5.56 Å². The number of nitrogens with zero attached hydrogens (tertiary/aromatic N) is 1. The molecule has 0 amide bonds. The lowest BCUT2D eigenvalue weighted by Crippen LogP contribution is -2.22. The minimum atomic E-state index is -3.93. The van der Waals surface area contributed by atoms with Gasteiger partial charge in [-0.3, -0.25) is 0 Å². The predicted octanol–water partition coefficient (Wildman–Crippen LogP) is 6.65. The molecule has 0 saturated heterocycles. The minimum Gasteiger partial charge on any atom is -0.429 e. The second-order valence-electron chi connectivity index (χ2n) is 7.24. The summed E-state index contributed by atoms with van der Waals surface area (Å²) >= 11 is 0. The van der Waals surface area contributed by atoms with Crippen molar-refractivity contribution in [3.63, 3.8) is 0 Å². The molecular formula is C22H21F4NO. The molecule has 1 aliphatic rings. The predicted molar refractivity (Wildman–Crippen MR) is 97.0 cm³/mol. The van der Waals surface area contributed by atoms with Crippen LogP contribution in [0.2, 0.25) is 0 Å². The molecule has 3 rings (SSSR count). The SMILES string of the molecule is CCC1CCC(c2ccc(OC(F)(F)c3cc(F)c(C#N)c(F)c3)cc2)CC1. The van der Waals surface area contributed by atoms with Gasteiger partial charge in [-0.25, -0.2) is 8.78 Å². The maximum absolute atomic E-state index is 14.3. The maximum Gasteiger partial charge on any atom is 0.426 e. The molecule has 0 bridgehead atoms. The van der Waals surface area contributed by atoms with Gasteiger partial charge in [0.15, 0.2) is 0 Å². The molecule has 2 aromatic carbocycles. The van der Waals surface area contributed by atoms with Crippen molar-refractivity contribution in [2.45, 2.75) is 51.1 Å². The Hall–Kier alpha value is -2.55. The van der Waals surface area contributed by atoms with Gasteiger partial charge in [-0.15, -0.1) is 0 Å². The summed E-state index contributed by atoms with van der Waals surface area (Å²) in [6, 6.07) is 8.57. The van der Waals surface area contributed by atoms with Crippen molar-refractivity contribution < 1.29 is 22.3 Å². The Kier molecular flexibility index (Phi) is 5.93. The third-order valence-electron chi connectivity index (χ3n) is 5.51. The van der Waals surface area contributed by atoms with Gasteiger partial charge in [0, 0.05) is 0 Å². The standard InChI is InChI=1S/C22H21F4NO/c1-2-14-3-5-15(6-4-14)16-7-9-18(10-8-16)28-22(25,26)17-11-20(23)19(13-27)21(24)12-17/h7-12,14-15H,2-6H2,1H3. The molecule has 0 atom stereocenters. The molecular weight excluding hydrogens is 370 g/mol. The normalized spacial score (nSPS) is 19.9. The molecule has 0 spiro atoms. The summed E-state index contributed by atoms with van der Waals surface area (Å²) in [4.78, 5) is 0. The highest BCUT2D eigenvalue weighted by molar-refractivity contribution is 5.37. The van der Waals surface area contributed by atoms with Gasteiger partial charge >= 0.3 is 6.11 Å². The first-order valence-electron chi connectivity index (χ1n) is 9.40. The van der Waals surface area contributed by atoms with Crippen molar-refractivity contribution in [2.24, 2.45) is 5.92 Å². The molecule has 2 aromatic rings. The fourth-order valence-electron chi connectivity index (χ4n) is 3.77. The molecule has 0 N–H and O–H groups in total. The largest absolute Gasteiger partial charge is 0.429 e. The Morgan fingerprint density at radius 2 is 1.61 bits per heavy atom. The number of hydrogen-bond donors (Lipinski definition) is 0. The monoisotopic (exact) mass is 391 g/mol. The molecule has 0 aliphatic heterocycles. The topological polar surface area (TPSA) is 33.0 Å². The lowest BCUT2D eigenvalue weighted by atomic mass is 9.78. The molecule has 6 heteroatoms. The van der Waals surface area contributed by atoms with Gasteiger partial charge in [0.2, 0.25) is 0 Å². The molecule has 0 unspecified atom stereocenters. The summed E-state index contributed by atoms with van der Waals surface area (Å²) < 4.78 is 60.7. The van der Waals surface area contributed by atoms with E-state index in [2.05, 4.69) is 6.92 Å². The average molecular weight is 391 g/mol. The van der Waals surface area contributed by atoms with Gasteiger partial charge < -0.3 is 4.74 Å². The van der Waals surface area contributed by atoms with E-state index in [1.807, 2.05) is 0 Å². The van der Waals surface area contributed by atoms with Crippen molar-refractivity contribution in [3.8, 4) is 11.8 Å². The summed E-state index contributed by atoms with van der Waals surface area (Å²) in [6.07, 6.45) is 1.76. The van der Waals surface area contributed by atoms with Crippen LogP contribution in [0.4, 0.5) is 17.6 Å². The highest BCUT2D eigenvalue weighted by Gasteiger charge is 2.36. The van der Waals surface area contributed by atoms with Gasteiger partial charge in [0.1, 0.15) is 29.0 Å². The van der Waals surface area contributed by atoms with E-state index in [4.69, 9.17) is 10.00 Å². The van der Waals surface area contributed by atoms with Crippen LogP contribution in [0.3, 0.4) is 0 Å². The van der Waals surface area contributed by atoms with E-state index in [-0.39, 0.29) is 5.75 Å². The number of ether oxygens (including phenoxy) is 1. The van der Waals surface area contributed by atoms with E-state index in [1.54, 1.807) is 12.1 Å². The molecule has 0 heterocycles. The van der Waals surface area contributed by atoms with Crippen molar-refractivity contribution in [1.82, 2.24) is 0 Å². The van der Waals surface area contributed by atoms with Crippen LogP contribution < -0.4 is 4.74 Å². The van der Waals surface area contributed by atoms with E-state index in [9.17, 15) is 17.6 Å². The summed E-state index contributed by atoms with van der Waals surface area (Å²) in [5.41, 5.74) is -0.800. The Labute approximate surface area is 161 Å². The highest BCUT2D eigenvalue weighted by Crippen LogP contribution is 2.38. The van der Waals surface area contributed by atoms with Gasteiger partial charge in [-0.1, -0.05) is 25.5 Å². The van der Waals surface area contributed by atoms with Crippen LogP contribution in [0.15, 0.2) is 36.4 Å². The van der Waals surface area contributed by atoms with Crippen molar-refractivity contribution >= 4 is 0 Å². The third-order valence-corrected chi connectivity index (χ3v) is 5.51. The Balaban J connectivity index is 1.72. The quantitative estimate of drug-likeness (QED) is 0.535. The van der Waals surface area contributed by atoms with Gasteiger partial charge in [-0.2, -0.15) is 14.0 Å². The molecule has 28 heavy (non-hydrogen) atoms. The maximum atomic E-state index is 14.3. The fourth-order valence-corrected chi connectivity index (χ4v) is 3.77. The van der Waals surface area contributed by atoms with E-state index < -0.39 is 28.9 Å². The van der Waals surface area contributed by atoms with Crippen LogP contribution in [-0.2, 0) is 6.11 Å². The summed E-state index contributed by atoms with van der Waals surface area (Å²) in [5, 5.41) is 8.64. The summed E-state index contributed by atoms with van der Waals surface area (Å²) in [5.74, 6) is -1.61. The number of halogens is 4. The molecule has 1 aliphatic carbocycles. The molecule has 1 fully saturated rings. The van der Waals surface area contributed by atoms with Gasteiger partial charge in [-0.05, 0) is 67.3 Å². The molecule has 2 nitrogen and oxygen atoms in total. The Morgan fingerprint density at radius 3 is 2.11 bits per heavy atom. The molecule has 1 saturated carbocycles.